The summed E-state index contributed by atoms with van der Waals surface area (Å²) in [5, 5.41) is 3.71. The average Bonchev–Trinajstić information content (AvgIpc) is 2.49. The van der Waals surface area contributed by atoms with Gasteiger partial charge in [-0.2, -0.15) is 0 Å². The molecule has 0 aromatic heterocycles. The molecule has 1 heterocycles. The normalized spacial score (nSPS) is 30.4. The monoisotopic (exact) mass is 258 g/mol. The van der Waals surface area contributed by atoms with Crippen molar-refractivity contribution < 1.29 is 0 Å². The fourth-order valence-electron chi connectivity index (χ4n) is 3.72. The fourth-order valence-corrected chi connectivity index (χ4v) is 3.72. The van der Waals surface area contributed by atoms with Gasteiger partial charge in [-0.25, -0.2) is 0 Å². The highest BCUT2D eigenvalue weighted by atomic mass is 15.2. The van der Waals surface area contributed by atoms with Crippen molar-refractivity contribution in [3.63, 3.8) is 0 Å². The molecule has 1 aliphatic heterocycles. The number of hydrogen-bond acceptors (Lipinski definition) is 2. The van der Waals surface area contributed by atoms with Crippen LogP contribution in [-0.4, -0.2) is 30.1 Å². The SMILES string of the molecule is CC1CNC(c2ccccc2)CN1C1CCCCC1. The van der Waals surface area contributed by atoms with Gasteiger partial charge in [0.2, 0.25) is 0 Å². The van der Waals surface area contributed by atoms with Crippen LogP contribution in [0.3, 0.4) is 0 Å². The van der Waals surface area contributed by atoms with Crippen LogP contribution in [0, 0.1) is 0 Å². The van der Waals surface area contributed by atoms with Gasteiger partial charge in [0.15, 0.2) is 0 Å². The van der Waals surface area contributed by atoms with Crippen molar-refractivity contribution in [3.8, 4) is 0 Å². The second-order valence-corrected chi connectivity index (χ2v) is 6.21. The molecule has 1 N–H and O–H groups in total. The van der Waals surface area contributed by atoms with Gasteiger partial charge in [0, 0.05) is 31.2 Å². The minimum Gasteiger partial charge on any atom is -0.307 e. The number of nitrogens with one attached hydrogen (secondary N) is 1. The third-order valence-corrected chi connectivity index (χ3v) is 4.86. The van der Waals surface area contributed by atoms with E-state index in [2.05, 4.69) is 47.5 Å². The highest BCUT2D eigenvalue weighted by Crippen LogP contribution is 2.28. The molecule has 2 unspecified atom stereocenters. The lowest BCUT2D eigenvalue weighted by Crippen LogP contribution is -2.55. The Hall–Kier alpha value is -0.860. The Morgan fingerprint density at radius 2 is 1.79 bits per heavy atom. The minimum atomic E-state index is 0.513. The lowest BCUT2D eigenvalue weighted by Gasteiger charge is -2.44. The first-order chi connectivity index (χ1) is 9.34. The standard InChI is InChI=1S/C17H26N2/c1-14-12-18-17(15-8-4-2-5-9-15)13-19(14)16-10-6-3-7-11-16/h2,4-5,8-9,14,16-18H,3,6-7,10-13H2,1H3. The first-order valence-electron chi connectivity index (χ1n) is 7.88. The van der Waals surface area contributed by atoms with Gasteiger partial charge < -0.3 is 5.32 Å². The number of rotatable bonds is 2. The molecule has 0 radical (unpaired) electrons. The molecule has 1 saturated carbocycles. The van der Waals surface area contributed by atoms with Crippen molar-refractivity contribution in [1.82, 2.24) is 10.2 Å². The largest absolute Gasteiger partial charge is 0.307 e. The highest BCUT2D eigenvalue weighted by molar-refractivity contribution is 5.20. The summed E-state index contributed by atoms with van der Waals surface area (Å²) in [7, 11) is 0. The molecule has 1 aliphatic carbocycles. The predicted molar refractivity (Wildman–Crippen MR) is 80.2 cm³/mol. The van der Waals surface area contributed by atoms with E-state index in [1.807, 2.05) is 0 Å². The quantitative estimate of drug-likeness (QED) is 0.875. The van der Waals surface area contributed by atoms with Crippen molar-refractivity contribution in [2.24, 2.45) is 0 Å². The summed E-state index contributed by atoms with van der Waals surface area (Å²) >= 11 is 0. The summed E-state index contributed by atoms with van der Waals surface area (Å²) in [5.41, 5.74) is 1.44. The topological polar surface area (TPSA) is 15.3 Å². The zero-order chi connectivity index (χ0) is 13.1. The summed E-state index contributed by atoms with van der Waals surface area (Å²) in [4.78, 5) is 2.77. The van der Waals surface area contributed by atoms with Crippen molar-refractivity contribution in [1.29, 1.82) is 0 Å². The van der Waals surface area contributed by atoms with Crippen LogP contribution in [0.15, 0.2) is 30.3 Å². The third kappa shape index (κ3) is 3.01. The van der Waals surface area contributed by atoms with Crippen LogP contribution in [0.4, 0.5) is 0 Å². The van der Waals surface area contributed by atoms with Gasteiger partial charge in [0.05, 0.1) is 0 Å². The Bertz CT molecular complexity index is 384. The Labute approximate surface area is 117 Å². The lowest BCUT2D eigenvalue weighted by atomic mass is 9.91. The maximum absolute atomic E-state index is 3.71. The van der Waals surface area contributed by atoms with Gasteiger partial charge >= 0.3 is 0 Å². The zero-order valence-electron chi connectivity index (χ0n) is 12.0. The van der Waals surface area contributed by atoms with Crippen LogP contribution < -0.4 is 5.32 Å². The minimum absolute atomic E-state index is 0.513. The van der Waals surface area contributed by atoms with E-state index in [-0.39, 0.29) is 0 Å². The average molecular weight is 258 g/mol. The van der Waals surface area contributed by atoms with Crippen molar-refractivity contribution in [2.45, 2.75) is 57.2 Å². The molecule has 1 aromatic carbocycles. The fraction of sp³-hybridized carbons (Fsp3) is 0.647. The van der Waals surface area contributed by atoms with Gasteiger partial charge in [-0.1, -0.05) is 49.6 Å². The molecule has 2 aliphatic rings. The Morgan fingerprint density at radius 3 is 2.53 bits per heavy atom. The maximum atomic E-state index is 3.71. The van der Waals surface area contributed by atoms with Gasteiger partial charge in [-0.05, 0) is 25.3 Å². The molecule has 104 valence electrons. The van der Waals surface area contributed by atoms with E-state index in [1.54, 1.807) is 0 Å². The van der Waals surface area contributed by atoms with Crippen molar-refractivity contribution >= 4 is 0 Å². The number of benzene rings is 1. The molecular formula is C17H26N2. The zero-order valence-corrected chi connectivity index (χ0v) is 12.0. The second kappa shape index (κ2) is 6.06. The molecule has 2 fully saturated rings. The molecule has 0 spiro atoms. The molecule has 19 heavy (non-hydrogen) atoms. The van der Waals surface area contributed by atoms with Crippen LogP contribution in [-0.2, 0) is 0 Å². The molecular weight excluding hydrogens is 232 g/mol. The highest BCUT2D eigenvalue weighted by Gasteiger charge is 2.31. The molecule has 1 saturated heterocycles. The Morgan fingerprint density at radius 1 is 1.05 bits per heavy atom. The Kier molecular flexibility index (Phi) is 4.19. The van der Waals surface area contributed by atoms with Gasteiger partial charge in [-0.15, -0.1) is 0 Å². The number of hydrogen-bond donors (Lipinski definition) is 1. The van der Waals surface area contributed by atoms with Crippen LogP contribution >= 0.6 is 0 Å². The van der Waals surface area contributed by atoms with E-state index in [0.29, 0.717) is 12.1 Å². The first kappa shape index (κ1) is 13.1. The van der Waals surface area contributed by atoms with Gasteiger partial charge in [0.1, 0.15) is 0 Å². The van der Waals surface area contributed by atoms with Crippen LogP contribution in [0.1, 0.15) is 50.6 Å². The van der Waals surface area contributed by atoms with E-state index in [9.17, 15) is 0 Å². The number of nitrogens with zero attached hydrogens (tertiary/aromatic N) is 1. The molecule has 3 rings (SSSR count). The lowest BCUT2D eigenvalue weighted by molar-refractivity contribution is 0.0699. The van der Waals surface area contributed by atoms with Gasteiger partial charge in [0.25, 0.3) is 0 Å². The van der Waals surface area contributed by atoms with E-state index in [0.717, 1.165) is 12.6 Å². The maximum Gasteiger partial charge on any atom is 0.0450 e. The second-order valence-electron chi connectivity index (χ2n) is 6.21. The molecule has 2 atom stereocenters. The van der Waals surface area contributed by atoms with Crippen LogP contribution in [0.5, 0.6) is 0 Å². The van der Waals surface area contributed by atoms with Gasteiger partial charge in [-0.3, -0.25) is 4.90 Å². The van der Waals surface area contributed by atoms with Crippen molar-refractivity contribution in [3.05, 3.63) is 35.9 Å². The third-order valence-electron chi connectivity index (χ3n) is 4.86. The first-order valence-corrected chi connectivity index (χ1v) is 7.88. The summed E-state index contributed by atoms with van der Waals surface area (Å²) in [6, 6.07) is 13.0. The summed E-state index contributed by atoms with van der Waals surface area (Å²) in [6.45, 7) is 4.68. The van der Waals surface area contributed by atoms with E-state index < -0.39 is 0 Å². The van der Waals surface area contributed by atoms with Crippen LogP contribution in [0.2, 0.25) is 0 Å². The molecule has 0 amide bonds. The Balaban J connectivity index is 1.70. The molecule has 0 bridgehead atoms. The summed E-state index contributed by atoms with van der Waals surface area (Å²) < 4.78 is 0. The smallest absolute Gasteiger partial charge is 0.0450 e. The van der Waals surface area contributed by atoms with Crippen LogP contribution in [0.25, 0.3) is 0 Å². The van der Waals surface area contributed by atoms with Crippen molar-refractivity contribution in [2.75, 3.05) is 13.1 Å². The summed E-state index contributed by atoms with van der Waals surface area (Å²) in [6.07, 6.45) is 7.12. The van der Waals surface area contributed by atoms with E-state index in [4.69, 9.17) is 0 Å². The van der Waals surface area contributed by atoms with E-state index in [1.165, 1.54) is 44.2 Å². The number of piperazine rings is 1. The van der Waals surface area contributed by atoms with E-state index >= 15 is 0 Å². The molecule has 2 nitrogen and oxygen atoms in total. The molecule has 1 aromatic rings. The molecule has 2 heteroatoms. The predicted octanol–water partition coefficient (Wildman–Crippen LogP) is 3.35. The summed E-state index contributed by atoms with van der Waals surface area (Å²) in [5.74, 6) is 0.